The molecule has 2 heterocycles. The number of nitrogens with zero attached hydrogens (tertiary/aromatic N) is 3. The molecule has 0 N–H and O–H groups in total. The minimum atomic E-state index is -3.03. The van der Waals surface area contributed by atoms with Gasteiger partial charge in [0.1, 0.15) is 0 Å². The van der Waals surface area contributed by atoms with E-state index in [-0.39, 0.29) is 29.2 Å². The molecular formula is C19H25N3O4S2. The summed E-state index contributed by atoms with van der Waals surface area (Å²) in [5.41, 5.74) is 3.17. The van der Waals surface area contributed by atoms with Gasteiger partial charge in [-0.1, -0.05) is 24.8 Å². The Balaban J connectivity index is 1.63. The van der Waals surface area contributed by atoms with E-state index in [0.29, 0.717) is 24.1 Å². The van der Waals surface area contributed by atoms with E-state index in [1.165, 1.54) is 17.3 Å². The maximum Gasteiger partial charge on any atom is 0.277 e. The van der Waals surface area contributed by atoms with Crippen LogP contribution in [0.25, 0.3) is 11.5 Å². The fourth-order valence-corrected chi connectivity index (χ4v) is 5.62. The van der Waals surface area contributed by atoms with Crippen LogP contribution in [-0.4, -0.2) is 59.3 Å². The normalized spacial score (nSPS) is 18.3. The molecule has 0 radical (unpaired) electrons. The van der Waals surface area contributed by atoms with E-state index in [4.69, 9.17) is 4.42 Å². The smallest absolute Gasteiger partial charge is 0.277 e. The van der Waals surface area contributed by atoms with E-state index in [1.54, 1.807) is 4.90 Å². The Bertz CT molecular complexity index is 956. The number of carbonyl (C=O) groups is 1. The molecule has 3 rings (SSSR count). The van der Waals surface area contributed by atoms with Crippen molar-refractivity contribution in [2.24, 2.45) is 0 Å². The highest BCUT2D eigenvalue weighted by atomic mass is 32.2. The third-order valence-electron chi connectivity index (χ3n) is 4.91. The number of hydrogen-bond donors (Lipinski definition) is 0. The van der Waals surface area contributed by atoms with Crippen LogP contribution in [0.15, 0.2) is 27.8 Å². The lowest BCUT2D eigenvalue weighted by Crippen LogP contribution is -2.42. The molecule has 1 aliphatic rings. The number of amides is 1. The summed E-state index contributed by atoms with van der Waals surface area (Å²) < 4.78 is 29.2. The summed E-state index contributed by atoms with van der Waals surface area (Å²) in [4.78, 5) is 14.4. The molecule has 0 aliphatic carbocycles. The van der Waals surface area contributed by atoms with Crippen LogP contribution in [0.4, 0.5) is 0 Å². The number of thioether (sulfide) groups is 1. The van der Waals surface area contributed by atoms with Crippen LogP contribution in [0.5, 0.6) is 0 Å². The van der Waals surface area contributed by atoms with Crippen LogP contribution in [0, 0.1) is 13.8 Å². The molecule has 152 valence electrons. The molecule has 7 nitrogen and oxygen atoms in total. The minimum absolute atomic E-state index is 0.0564. The van der Waals surface area contributed by atoms with Gasteiger partial charge >= 0.3 is 0 Å². The highest BCUT2D eigenvalue weighted by molar-refractivity contribution is 7.99. The molecule has 0 spiro atoms. The number of rotatable bonds is 7. The topological polar surface area (TPSA) is 93.4 Å². The van der Waals surface area contributed by atoms with Gasteiger partial charge in [0.15, 0.2) is 9.84 Å². The van der Waals surface area contributed by atoms with Crippen LogP contribution in [-0.2, 0) is 14.6 Å². The zero-order valence-electron chi connectivity index (χ0n) is 16.3. The van der Waals surface area contributed by atoms with Crippen LogP contribution in [0.1, 0.15) is 30.9 Å². The SMILES string of the molecule is CCCN(C(=O)CSc1nnc(-c2ccc(C)c(C)c2)o1)[C@@H]1CCS(=O)(=O)C1. The Morgan fingerprint density at radius 1 is 1.29 bits per heavy atom. The van der Waals surface area contributed by atoms with Crippen LogP contribution in [0.3, 0.4) is 0 Å². The highest BCUT2D eigenvalue weighted by Gasteiger charge is 2.34. The first-order valence-corrected chi connectivity index (χ1v) is 12.1. The molecular weight excluding hydrogens is 398 g/mol. The largest absolute Gasteiger partial charge is 0.411 e. The average Bonchev–Trinajstić information content (AvgIpc) is 3.26. The quantitative estimate of drug-likeness (QED) is 0.632. The number of hydrogen-bond acceptors (Lipinski definition) is 7. The van der Waals surface area contributed by atoms with Gasteiger partial charge in [0, 0.05) is 18.2 Å². The molecule has 1 saturated heterocycles. The highest BCUT2D eigenvalue weighted by Crippen LogP contribution is 2.26. The Morgan fingerprint density at radius 2 is 2.07 bits per heavy atom. The summed E-state index contributed by atoms with van der Waals surface area (Å²) in [5.74, 6) is 0.679. The van der Waals surface area contributed by atoms with Crippen molar-refractivity contribution in [2.75, 3.05) is 23.8 Å². The summed E-state index contributed by atoms with van der Waals surface area (Å²) >= 11 is 1.18. The fourth-order valence-electron chi connectivity index (χ4n) is 3.24. The van der Waals surface area contributed by atoms with Gasteiger partial charge in [-0.15, -0.1) is 10.2 Å². The minimum Gasteiger partial charge on any atom is -0.411 e. The molecule has 28 heavy (non-hydrogen) atoms. The molecule has 0 bridgehead atoms. The van der Waals surface area contributed by atoms with Crippen molar-refractivity contribution in [1.82, 2.24) is 15.1 Å². The summed E-state index contributed by atoms with van der Waals surface area (Å²) in [6.45, 7) is 6.59. The number of benzene rings is 1. The summed E-state index contributed by atoms with van der Waals surface area (Å²) in [6.07, 6.45) is 1.29. The van der Waals surface area contributed by atoms with E-state index >= 15 is 0 Å². The van der Waals surface area contributed by atoms with Crippen molar-refractivity contribution in [1.29, 1.82) is 0 Å². The van der Waals surface area contributed by atoms with Crippen LogP contribution >= 0.6 is 11.8 Å². The molecule has 1 amide bonds. The van der Waals surface area contributed by atoms with Crippen LogP contribution in [0.2, 0.25) is 0 Å². The monoisotopic (exact) mass is 423 g/mol. The number of carbonyl (C=O) groups excluding carboxylic acids is 1. The van der Waals surface area contributed by atoms with Gasteiger partial charge in [-0.25, -0.2) is 8.42 Å². The molecule has 1 aliphatic heterocycles. The molecule has 2 aromatic rings. The van der Waals surface area contributed by atoms with Crippen molar-refractivity contribution in [3.8, 4) is 11.5 Å². The van der Waals surface area contributed by atoms with Crippen molar-refractivity contribution < 1.29 is 17.6 Å². The molecule has 1 aromatic heterocycles. The maximum atomic E-state index is 12.7. The lowest BCUT2D eigenvalue weighted by Gasteiger charge is -2.27. The van der Waals surface area contributed by atoms with Gasteiger partial charge in [0.05, 0.1) is 17.3 Å². The predicted octanol–water partition coefficient (Wildman–Crippen LogP) is 2.87. The number of aryl methyl sites for hydroxylation is 2. The third kappa shape index (κ3) is 4.94. The van der Waals surface area contributed by atoms with E-state index in [1.807, 2.05) is 39.0 Å². The summed E-state index contributed by atoms with van der Waals surface area (Å²) in [5, 5.41) is 8.42. The predicted molar refractivity (Wildman–Crippen MR) is 109 cm³/mol. The standard InChI is InChI=1S/C19H25N3O4S2/c1-4-8-22(16-7-9-28(24,25)12-16)17(23)11-27-19-21-20-18(26-19)15-6-5-13(2)14(3)10-15/h5-6,10,16H,4,7-9,11-12H2,1-3H3/t16-/m1/s1. The molecule has 1 atom stereocenters. The van der Waals surface area contributed by atoms with Gasteiger partial charge in [0.2, 0.25) is 11.8 Å². The zero-order valence-corrected chi connectivity index (χ0v) is 18.0. The first-order chi connectivity index (χ1) is 13.3. The first kappa shape index (κ1) is 20.9. The molecule has 0 unspecified atom stereocenters. The average molecular weight is 424 g/mol. The van der Waals surface area contributed by atoms with Crippen molar-refractivity contribution in [3.05, 3.63) is 29.3 Å². The van der Waals surface area contributed by atoms with E-state index in [2.05, 4.69) is 10.2 Å². The van der Waals surface area contributed by atoms with Gasteiger partial charge in [0.25, 0.3) is 5.22 Å². The fraction of sp³-hybridized carbons (Fsp3) is 0.526. The second-order valence-electron chi connectivity index (χ2n) is 7.10. The Kier molecular flexibility index (Phi) is 6.44. The van der Waals surface area contributed by atoms with Crippen molar-refractivity contribution in [2.45, 2.75) is 44.9 Å². The van der Waals surface area contributed by atoms with E-state index < -0.39 is 9.84 Å². The number of aromatic nitrogens is 2. The zero-order chi connectivity index (χ0) is 20.3. The molecule has 9 heteroatoms. The maximum absolute atomic E-state index is 12.7. The van der Waals surface area contributed by atoms with Crippen molar-refractivity contribution >= 4 is 27.5 Å². The van der Waals surface area contributed by atoms with Gasteiger partial charge in [-0.2, -0.15) is 0 Å². The third-order valence-corrected chi connectivity index (χ3v) is 7.47. The molecule has 1 aromatic carbocycles. The van der Waals surface area contributed by atoms with Gasteiger partial charge < -0.3 is 9.32 Å². The van der Waals surface area contributed by atoms with Crippen molar-refractivity contribution in [3.63, 3.8) is 0 Å². The Labute approximate surface area is 169 Å². The second kappa shape index (κ2) is 8.65. The van der Waals surface area contributed by atoms with E-state index in [9.17, 15) is 13.2 Å². The lowest BCUT2D eigenvalue weighted by atomic mass is 10.1. The van der Waals surface area contributed by atoms with Gasteiger partial charge in [-0.3, -0.25) is 4.79 Å². The lowest BCUT2D eigenvalue weighted by molar-refractivity contribution is -0.130. The first-order valence-electron chi connectivity index (χ1n) is 9.33. The summed E-state index contributed by atoms with van der Waals surface area (Å²) in [6, 6.07) is 5.70. The Morgan fingerprint density at radius 3 is 2.71 bits per heavy atom. The van der Waals surface area contributed by atoms with E-state index in [0.717, 1.165) is 17.5 Å². The van der Waals surface area contributed by atoms with Gasteiger partial charge in [-0.05, 0) is 49.9 Å². The molecule has 1 fully saturated rings. The summed E-state index contributed by atoms with van der Waals surface area (Å²) in [7, 11) is -3.03. The Hall–Kier alpha value is -1.87. The van der Waals surface area contributed by atoms with Crippen LogP contribution < -0.4 is 0 Å². The second-order valence-corrected chi connectivity index (χ2v) is 10.3. The number of sulfone groups is 1. The molecule has 0 saturated carbocycles.